The van der Waals surface area contributed by atoms with Crippen LogP contribution in [0, 0.1) is 0 Å². The number of aryl methyl sites for hydroxylation is 1. The molecule has 24 heavy (non-hydrogen) atoms. The first-order chi connectivity index (χ1) is 11.3. The van der Waals surface area contributed by atoms with Gasteiger partial charge in [-0.05, 0) is 24.3 Å². The van der Waals surface area contributed by atoms with E-state index >= 15 is 0 Å². The highest BCUT2D eigenvalue weighted by molar-refractivity contribution is 5.88. The quantitative estimate of drug-likeness (QED) is 0.554. The van der Waals surface area contributed by atoms with Crippen LogP contribution >= 0.6 is 0 Å². The molecule has 0 saturated carbocycles. The van der Waals surface area contributed by atoms with Gasteiger partial charge in [0.1, 0.15) is 11.3 Å². The second kappa shape index (κ2) is 6.82. The fourth-order valence-corrected chi connectivity index (χ4v) is 2.02. The number of nitrogens with one attached hydrogen (secondary N) is 2. The molecule has 9 heteroatoms. The molecule has 0 aliphatic carbocycles. The number of aromatic nitrogens is 4. The maximum atomic E-state index is 11.4. The van der Waals surface area contributed by atoms with Gasteiger partial charge in [-0.15, -0.1) is 0 Å². The van der Waals surface area contributed by atoms with E-state index in [0.717, 1.165) is 4.57 Å². The Balaban J connectivity index is 0.000000177. The first kappa shape index (κ1) is 17.0. The minimum Gasteiger partial charge on any atom is -0.508 e. The van der Waals surface area contributed by atoms with Crippen molar-refractivity contribution < 1.29 is 9.90 Å². The van der Waals surface area contributed by atoms with Gasteiger partial charge < -0.3 is 15.4 Å². The molecule has 3 rings (SSSR count). The van der Waals surface area contributed by atoms with Gasteiger partial charge in [-0.25, -0.2) is 9.78 Å². The molecule has 0 saturated heterocycles. The topological polar surface area (TPSA) is 122 Å². The molecule has 126 valence electrons. The Kier molecular flexibility index (Phi) is 4.83. The van der Waals surface area contributed by atoms with Gasteiger partial charge in [0, 0.05) is 26.7 Å². The predicted molar refractivity (Wildman–Crippen MR) is 89.0 cm³/mol. The van der Waals surface area contributed by atoms with Gasteiger partial charge in [0.25, 0.3) is 5.56 Å². The Hall–Kier alpha value is -3.36. The summed E-state index contributed by atoms with van der Waals surface area (Å²) in [6.07, 6.45) is 1.39. The number of phenols is 1. The van der Waals surface area contributed by atoms with Crippen LogP contribution in [0.2, 0.25) is 0 Å². The summed E-state index contributed by atoms with van der Waals surface area (Å²) in [4.78, 5) is 39.9. The molecule has 0 spiro atoms. The van der Waals surface area contributed by atoms with Crippen LogP contribution in [0.1, 0.15) is 6.92 Å². The smallest absolute Gasteiger partial charge is 0.332 e. The number of aromatic hydroxyl groups is 1. The van der Waals surface area contributed by atoms with Gasteiger partial charge in [0.15, 0.2) is 5.65 Å². The molecule has 0 atom stereocenters. The van der Waals surface area contributed by atoms with Gasteiger partial charge in [-0.3, -0.25) is 18.7 Å². The highest BCUT2D eigenvalue weighted by Gasteiger charge is 2.08. The average Bonchev–Trinajstić information content (AvgIpc) is 3.03. The summed E-state index contributed by atoms with van der Waals surface area (Å²) in [6.45, 7) is 1.44. The van der Waals surface area contributed by atoms with Crippen molar-refractivity contribution in [3.63, 3.8) is 0 Å². The molecule has 2 heterocycles. The van der Waals surface area contributed by atoms with E-state index in [2.05, 4.69) is 15.3 Å². The fourth-order valence-electron chi connectivity index (χ4n) is 2.02. The molecule has 0 aliphatic heterocycles. The van der Waals surface area contributed by atoms with E-state index in [1.54, 1.807) is 19.2 Å². The maximum Gasteiger partial charge on any atom is 0.332 e. The minimum atomic E-state index is -0.371. The van der Waals surface area contributed by atoms with Crippen LogP contribution in [-0.2, 0) is 18.9 Å². The summed E-state index contributed by atoms with van der Waals surface area (Å²) < 4.78 is 2.37. The van der Waals surface area contributed by atoms with Crippen molar-refractivity contribution in [3.8, 4) is 5.75 Å². The van der Waals surface area contributed by atoms with Crippen molar-refractivity contribution in [1.82, 2.24) is 19.1 Å². The number of phenolic OH excluding ortho intramolecular Hbond substituents is 1. The number of benzene rings is 1. The van der Waals surface area contributed by atoms with Crippen LogP contribution in [0.25, 0.3) is 11.2 Å². The van der Waals surface area contributed by atoms with E-state index in [1.807, 2.05) is 0 Å². The third-order valence-electron chi connectivity index (χ3n) is 3.22. The lowest BCUT2D eigenvalue weighted by molar-refractivity contribution is -0.114. The standard InChI is InChI=1S/C8H9NO2.C7H8N4O2/c1-6(10)9-7-2-4-8(11)5-3-7;1-10-5-4(8-3-9-5)6(12)11(2)7(10)13/h2-5,11H,1H3,(H,9,10);3H,1-2H3,(H,8,9). The number of hydrogen-bond acceptors (Lipinski definition) is 5. The van der Waals surface area contributed by atoms with Crippen LogP contribution < -0.4 is 16.6 Å². The second-order valence-corrected chi connectivity index (χ2v) is 5.03. The van der Waals surface area contributed by atoms with Gasteiger partial charge in [-0.2, -0.15) is 0 Å². The normalized spacial score (nSPS) is 10.1. The number of amides is 1. The van der Waals surface area contributed by atoms with Crippen molar-refractivity contribution in [2.24, 2.45) is 14.1 Å². The number of imidazole rings is 1. The zero-order valence-corrected chi connectivity index (χ0v) is 13.4. The lowest BCUT2D eigenvalue weighted by atomic mass is 10.3. The molecule has 0 unspecified atom stereocenters. The van der Waals surface area contributed by atoms with Crippen LogP contribution in [0.5, 0.6) is 5.75 Å². The first-order valence-corrected chi connectivity index (χ1v) is 6.97. The molecule has 1 aromatic carbocycles. The molecule has 9 nitrogen and oxygen atoms in total. The van der Waals surface area contributed by atoms with E-state index in [-0.39, 0.29) is 22.9 Å². The number of carbonyl (C=O) groups excluding carboxylic acids is 1. The summed E-state index contributed by atoms with van der Waals surface area (Å²) in [7, 11) is 3.01. The summed E-state index contributed by atoms with van der Waals surface area (Å²) in [5, 5.41) is 11.5. The summed E-state index contributed by atoms with van der Waals surface area (Å²) in [6, 6.07) is 6.31. The molecule has 3 N–H and O–H groups in total. The van der Waals surface area contributed by atoms with Crippen LogP contribution in [-0.4, -0.2) is 30.1 Å². The van der Waals surface area contributed by atoms with E-state index < -0.39 is 0 Å². The molecular weight excluding hydrogens is 314 g/mol. The van der Waals surface area contributed by atoms with Crippen LogP contribution in [0.15, 0.2) is 40.2 Å². The SMILES string of the molecule is CC(=O)Nc1ccc(O)cc1.Cn1c(=O)c2[nH]cnc2n(C)c1=O. The fraction of sp³-hybridized carbons (Fsp3) is 0.200. The monoisotopic (exact) mass is 331 g/mol. The summed E-state index contributed by atoms with van der Waals surface area (Å²) in [5.74, 6) is 0.0785. The number of hydrogen-bond donors (Lipinski definition) is 3. The Bertz CT molecular complexity index is 982. The summed E-state index contributed by atoms with van der Waals surface area (Å²) in [5.41, 5.74) is 0.702. The third-order valence-corrected chi connectivity index (χ3v) is 3.22. The first-order valence-electron chi connectivity index (χ1n) is 6.97. The largest absolute Gasteiger partial charge is 0.508 e. The number of carbonyl (C=O) groups is 1. The zero-order chi connectivity index (χ0) is 17.9. The molecule has 3 aromatic rings. The van der Waals surface area contributed by atoms with Gasteiger partial charge >= 0.3 is 5.69 Å². The van der Waals surface area contributed by atoms with Crippen molar-refractivity contribution in [2.75, 3.05) is 5.32 Å². The van der Waals surface area contributed by atoms with E-state index in [0.29, 0.717) is 16.9 Å². The van der Waals surface area contributed by atoms with Crippen molar-refractivity contribution in [3.05, 3.63) is 51.4 Å². The Labute approximate surface area is 136 Å². The van der Waals surface area contributed by atoms with Crippen molar-refractivity contribution >= 4 is 22.8 Å². The Morgan fingerprint density at radius 2 is 1.79 bits per heavy atom. The number of aromatic amines is 1. The molecule has 0 bridgehead atoms. The molecule has 0 fully saturated rings. The highest BCUT2D eigenvalue weighted by Crippen LogP contribution is 2.13. The van der Waals surface area contributed by atoms with Crippen LogP contribution in [0.3, 0.4) is 0 Å². The summed E-state index contributed by atoms with van der Waals surface area (Å²) >= 11 is 0. The van der Waals surface area contributed by atoms with Crippen molar-refractivity contribution in [2.45, 2.75) is 6.92 Å². The number of anilines is 1. The van der Waals surface area contributed by atoms with Gasteiger partial charge in [0.05, 0.1) is 6.33 Å². The molecule has 2 aromatic heterocycles. The van der Waals surface area contributed by atoms with Gasteiger partial charge in [-0.1, -0.05) is 0 Å². The Morgan fingerprint density at radius 3 is 2.38 bits per heavy atom. The number of H-pyrrole nitrogens is 1. The zero-order valence-electron chi connectivity index (χ0n) is 13.4. The van der Waals surface area contributed by atoms with E-state index in [9.17, 15) is 14.4 Å². The van der Waals surface area contributed by atoms with E-state index in [4.69, 9.17) is 5.11 Å². The van der Waals surface area contributed by atoms with E-state index in [1.165, 1.54) is 37.0 Å². The number of nitrogens with zero attached hydrogens (tertiary/aromatic N) is 3. The minimum absolute atomic E-state index is 0.115. The molecule has 0 aliphatic rings. The number of rotatable bonds is 1. The average molecular weight is 331 g/mol. The predicted octanol–water partition coefficient (Wildman–Crippen LogP) is 0.311. The lowest BCUT2D eigenvalue weighted by Gasteiger charge is -2.00. The lowest BCUT2D eigenvalue weighted by Crippen LogP contribution is -2.36. The number of fused-ring (bicyclic) bond motifs is 1. The molecule has 0 radical (unpaired) electrons. The molecular formula is C15H17N5O4. The van der Waals surface area contributed by atoms with Crippen molar-refractivity contribution in [1.29, 1.82) is 0 Å². The Morgan fingerprint density at radius 1 is 1.17 bits per heavy atom. The van der Waals surface area contributed by atoms with Crippen LogP contribution in [0.4, 0.5) is 5.69 Å². The third kappa shape index (κ3) is 3.51. The second-order valence-electron chi connectivity index (χ2n) is 5.03. The molecule has 1 amide bonds. The highest BCUT2D eigenvalue weighted by atomic mass is 16.3. The maximum absolute atomic E-state index is 11.4. The van der Waals surface area contributed by atoms with Gasteiger partial charge in [0.2, 0.25) is 5.91 Å².